The molecule has 120 valence electrons. The summed E-state index contributed by atoms with van der Waals surface area (Å²) in [5.74, 6) is 1.25. The Morgan fingerprint density at radius 3 is 2.78 bits per heavy atom. The first-order valence-corrected chi connectivity index (χ1v) is 8.95. The average molecular weight is 331 g/mol. The van der Waals surface area contributed by atoms with Gasteiger partial charge in [0.15, 0.2) is 11.5 Å². The Balaban J connectivity index is 1.81. The van der Waals surface area contributed by atoms with E-state index < -0.39 is 10.8 Å². The van der Waals surface area contributed by atoms with Crippen molar-refractivity contribution in [2.75, 3.05) is 24.8 Å². The maximum atomic E-state index is 12.5. The van der Waals surface area contributed by atoms with Crippen molar-refractivity contribution in [2.45, 2.75) is 5.75 Å². The van der Waals surface area contributed by atoms with Crippen LogP contribution in [0.1, 0.15) is 15.9 Å². The number of hydrogen-bond donors (Lipinski definition) is 1. The highest BCUT2D eigenvalue weighted by Gasteiger charge is 2.20. The average Bonchev–Trinajstić information content (AvgIpc) is 2.54. The van der Waals surface area contributed by atoms with Gasteiger partial charge in [-0.3, -0.25) is 9.00 Å². The first-order chi connectivity index (χ1) is 11.1. The molecule has 5 nitrogen and oxygen atoms in total. The van der Waals surface area contributed by atoms with Crippen molar-refractivity contribution in [1.29, 1.82) is 0 Å². The minimum absolute atomic E-state index is 0.262. The fraction of sp³-hybridized carbons (Fsp3) is 0.235. The molecule has 0 fully saturated rings. The minimum atomic E-state index is -0.925. The summed E-state index contributed by atoms with van der Waals surface area (Å²) in [5.41, 5.74) is 2.01. The SMILES string of the molecule is C[S@@](=O)Cc1cccc(NC(=O)c2cccc3c2OCCO3)c1. The zero-order chi connectivity index (χ0) is 16.2. The summed E-state index contributed by atoms with van der Waals surface area (Å²) >= 11 is 0. The predicted octanol–water partition coefficient (Wildman–Crippen LogP) is 2.59. The highest BCUT2D eigenvalue weighted by atomic mass is 32.2. The van der Waals surface area contributed by atoms with Crippen LogP contribution in [0, 0.1) is 0 Å². The number of fused-ring (bicyclic) bond motifs is 1. The molecule has 1 heterocycles. The molecule has 0 radical (unpaired) electrons. The highest BCUT2D eigenvalue weighted by molar-refractivity contribution is 7.83. The largest absolute Gasteiger partial charge is 0.486 e. The van der Waals surface area contributed by atoms with E-state index in [1.807, 2.05) is 18.2 Å². The number of ether oxygens (including phenoxy) is 2. The van der Waals surface area contributed by atoms with Crippen LogP contribution in [0.5, 0.6) is 11.5 Å². The van der Waals surface area contributed by atoms with Gasteiger partial charge in [-0.1, -0.05) is 18.2 Å². The molecule has 0 saturated heterocycles. The van der Waals surface area contributed by atoms with Crippen molar-refractivity contribution < 1.29 is 18.5 Å². The fourth-order valence-electron chi connectivity index (χ4n) is 2.42. The van der Waals surface area contributed by atoms with Gasteiger partial charge >= 0.3 is 0 Å². The molecule has 0 aromatic heterocycles. The minimum Gasteiger partial charge on any atom is -0.486 e. The number of amides is 1. The van der Waals surface area contributed by atoms with Crippen LogP contribution in [0.3, 0.4) is 0 Å². The number of carbonyl (C=O) groups excluding carboxylic acids is 1. The summed E-state index contributed by atoms with van der Waals surface area (Å²) in [7, 11) is -0.925. The number of hydrogen-bond acceptors (Lipinski definition) is 4. The van der Waals surface area contributed by atoms with Crippen molar-refractivity contribution in [2.24, 2.45) is 0 Å². The van der Waals surface area contributed by atoms with Gasteiger partial charge in [-0.25, -0.2) is 0 Å². The molecule has 0 unspecified atom stereocenters. The molecule has 2 aromatic carbocycles. The van der Waals surface area contributed by atoms with Crippen LogP contribution in [0.4, 0.5) is 5.69 Å². The first-order valence-electron chi connectivity index (χ1n) is 7.22. The van der Waals surface area contributed by atoms with Gasteiger partial charge in [-0.15, -0.1) is 0 Å². The second-order valence-corrected chi connectivity index (χ2v) is 6.64. The quantitative estimate of drug-likeness (QED) is 0.935. The summed E-state index contributed by atoms with van der Waals surface area (Å²) in [5, 5.41) is 2.85. The van der Waals surface area contributed by atoms with Gasteiger partial charge in [0, 0.05) is 28.5 Å². The monoisotopic (exact) mass is 331 g/mol. The molecule has 0 saturated carbocycles. The maximum absolute atomic E-state index is 12.5. The Morgan fingerprint density at radius 2 is 1.96 bits per heavy atom. The van der Waals surface area contributed by atoms with E-state index in [1.165, 1.54) is 0 Å². The summed E-state index contributed by atoms with van der Waals surface area (Å²) < 4.78 is 22.4. The Labute approximate surface area is 137 Å². The molecular formula is C17H17NO4S. The van der Waals surface area contributed by atoms with Gasteiger partial charge in [-0.05, 0) is 29.8 Å². The maximum Gasteiger partial charge on any atom is 0.259 e. The molecule has 2 aromatic rings. The van der Waals surface area contributed by atoms with Gasteiger partial charge in [0.1, 0.15) is 13.2 Å². The Bertz CT molecular complexity index is 760. The van der Waals surface area contributed by atoms with E-state index in [2.05, 4.69) is 5.32 Å². The number of para-hydroxylation sites is 1. The van der Waals surface area contributed by atoms with Gasteiger partial charge < -0.3 is 14.8 Å². The van der Waals surface area contributed by atoms with Gasteiger partial charge in [0.2, 0.25) is 0 Å². The molecule has 1 amide bonds. The van der Waals surface area contributed by atoms with E-state index in [1.54, 1.807) is 30.5 Å². The van der Waals surface area contributed by atoms with E-state index in [4.69, 9.17) is 9.47 Å². The topological polar surface area (TPSA) is 64.6 Å². The lowest BCUT2D eigenvalue weighted by atomic mass is 10.1. The van der Waals surface area contributed by atoms with Crippen molar-refractivity contribution in [1.82, 2.24) is 0 Å². The fourth-order valence-corrected chi connectivity index (χ4v) is 3.07. The standard InChI is InChI=1S/C17H17NO4S/c1-23(20)11-12-4-2-5-13(10-12)18-17(19)14-6-3-7-15-16(14)22-9-8-21-15/h2-7,10H,8-9,11H2,1H3,(H,18,19)/t23-/m1/s1. The van der Waals surface area contributed by atoms with Crippen LogP contribution < -0.4 is 14.8 Å². The molecule has 6 heteroatoms. The summed E-state index contributed by atoms with van der Waals surface area (Å²) in [6.07, 6.45) is 1.65. The molecule has 1 aliphatic rings. The van der Waals surface area contributed by atoms with Crippen LogP contribution in [-0.2, 0) is 16.6 Å². The number of rotatable bonds is 4. The van der Waals surface area contributed by atoms with Crippen LogP contribution in [0.15, 0.2) is 42.5 Å². The zero-order valence-corrected chi connectivity index (χ0v) is 13.5. The molecule has 3 rings (SSSR count). The lowest BCUT2D eigenvalue weighted by Gasteiger charge is -2.20. The van der Waals surface area contributed by atoms with Crippen LogP contribution in [-0.4, -0.2) is 29.6 Å². The highest BCUT2D eigenvalue weighted by Crippen LogP contribution is 2.34. The number of anilines is 1. The Hall–Kier alpha value is -2.34. The van der Waals surface area contributed by atoms with Crippen molar-refractivity contribution >= 4 is 22.4 Å². The Morgan fingerprint density at radius 1 is 1.17 bits per heavy atom. The summed E-state index contributed by atoms with van der Waals surface area (Å²) in [6.45, 7) is 0.906. The lowest BCUT2D eigenvalue weighted by molar-refractivity contribution is 0.101. The van der Waals surface area contributed by atoms with E-state index in [9.17, 15) is 9.00 Å². The second kappa shape index (κ2) is 6.83. The lowest BCUT2D eigenvalue weighted by Crippen LogP contribution is -2.20. The number of nitrogens with one attached hydrogen (secondary N) is 1. The normalized spacial score (nSPS) is 14.1. The number of benzene rings is 2. The van der Waals surface area contributed by atoms with Gasteiger partial charge in [-0.2, -0.15) is 0 Å². The molecule has 0 aliphatic carbocycles. The van der Waals surface area contributed by atoms with Crippen LogP contribution in [0.2, 0.25) is 0 Å². The first kappa shape index (κ1) is 15.6. The third kappa shape index (κ3) is 3.71. The molecule has 1 atom stereocenters. The zero-order valence-electron chi connectivity index (χ0n) is 12.7. The van der Waals surface area contributed by atoms with E-state index in [0.29, 0.717) is 41.7 Å². The van der Waals surface area contributed by atoms with Crippen molar-refractivity contribution in [3.63, 3.8) is 0 Å². The third-order valence-electron chi connectivity index (χ3n) is 3.37. The van der Waals surface area contributed by atoms with Gasteiger partial charge in [0.05, 0.1) is 5.56 Å². The van der Waals surface area contributed by atoms with Crippen molar-refractivity contribution in [3.05, 3.63) is 53.6 Å². The van der Waals surface area contributed by atoms with Crippen molar-refractivity contribution in [3.8, 4) is 11.5 Å². The van der Waals surface area contributed by atoms with Crippen LogP contribution in [0.25, 0.3) is 0 Å². The second-order valence-electron chi connectivity index (χ2n) is 5.20. The molecule has 1 N–H and O–H groups in total. The van der Waals surface area contributed by atoms with E-state index in [-0.39, 0.29) is 5.91 Å². The molecular weight excluding hydrogens is 314 g/mol. The summed E-state index contributed by atoms with van der Waals surface area (Å²) in [6, 6.07) is 12.6. The molecule has 1 aliphatic heterocycles. The molecule has 0 spiro atoms. The van der Waals surface area contributed by atoms with E-state index >= 15 is 0 Å². The third-order valence-corrected chi connectivity index (χ3v) is 4.11. The predicted molar refractivity (Wildman–Crippen MR) is 89.6 cm³/mol. The smallest absolute Gasteiger partial charge is 0.259 e. The molecule has 23 heavy (non-hydrogen) atoms. The Kier molecular flexibility index (Phi) is 4.62. The number of carbonyl (C=O) groups is 1. The summed E-state index contributed by atoms with van der Waals surface area (Å²) in [4.78, 5) is 12.5. The van der Waals surface area contributed by atoms with Crippen LogP contribution >= 0.6 is 0 Å². The van der Waals surface area contributed by atoms with E-state index in [0.717, 1.165) is 5.56 Å². The van der Waals surface area contributed by atoms with Gasteiger partial charge in [0.25, 0.3) is 5.91 Å². The molecule has 0 bridgehead atoms.